The Balaban J connectivity index is 2.20. The number of hydrogen-bond donors (Lipinski definition) is 1. The Morgan fingerprint density at radius 1 is 1.00 bits per heavy atom. The number of carbonyl (C=O) groups excluding carboxylic acids is 1. The fraction of sp³-hybridized carbons (Fsp3) is 0.167. The van der Waals surface area contributed by atoms with Crippen LogP contribution in [0.3, 0.4) is 0 Å². The van der Waals surface area contributed by atoms with Gasteiger partial charge in [-0.25, -0.2) is 0 Å². The molecule has 0 fully saturated rings. The molecule has 132 valence electrons. The third-order valence-electron chi connectivity index (χ3n) is 3.30. The molecule has 5 nitrogen and oxygen atoms in total. The first-order valence-electron chi connectivity index (χ1n) is 7.22. The largest absolute Gasteiger partial charge is 0.493 e. The van der Waals surface area contributed by atoms with Crippen LogP contribution in [0.2, 0.25) is 10.0 Å². The topological polar surface area (TPSA) is 56.8 Å². The number of methoxy groups -OCH3 is 3. The van der Waals surface area contributed by atoms with Crippen molar-refractivity contribution in [2.75, 3.05) is 26.6 Å². The maximum Gasteiger partial charge on any atom is 0.248 e. The molecular weight excluding hydrogens is 365 g/mol. The van der Waals surface area contributed by atoms with Crippen molar-refractivity contribution in [3.8, 4) is 17.2 Å². The van der Waals surface area contributed by atoms with Gasteiger partial charge in [-0.05, 0) is 29.8 Å². The van der Waals surface area contributed by atoms with Crippen LogP contribution < -0.4 is 19.5 Å². The van der Waals surface area contributed by atoms with Gasteiger partial charge in [0.15, 0.2) is 11.5 Å². The average Bonchev–Trinajstić information content (AvgIpc) is 2.61. The van der Waals surface area contributed by atoms with Crippen LogP contribution in [0.15, 0.2) is 36.4 Å². The van der Waals surface area contributed by atoms with E-state index in [0.717, 1.165) is 0 Å². The molecule has 0 spiro atoms. The molecule has 25 heavy (non-hydrogen) atoms. The van der Waals surface area contributed by atoms with Gasteiger partial charge in [0.1, 0.15) is 0 Å². The zero-order valence-corrected chi connectivity index (χ0v) is 15.4. The summed E-state index contributed by atoms with van der Waals surface area (Å²) in [6, 6.07) is 8.30. The molecule has 0 bridgehead atoms. The smallest absolute Gasteiger partial charge is 0.248 e. The Hall–Kier alpha value is -2.37. The van der Waals surface area contributed by atoms with Crippen molar-refractivity contribution >= 4 is 40.9 Å². The molecule has 0 heterocycles. The van der Waals surface area contributed by atoms with Gasteiger partial charge in [0.25, 0.3) is 0 Å². The molecule has 0 aliphatic heterocycles. The summed E-state index contributed by atoms with van der Waals surface area (Å²) in [5, 5.41) is 3.77. The molecule has 1 amide bonds. The van der Waals surface area contributed by atoms with Crippen LogP contribution in [-0.4, -0.2) is 27.2 Å². The second kappa shape index (κ2) is 8.65. The van der Waals surface area contributed by atoms with E-state index in [4.69, 9.17) is 37.4 Å². The van der Waals surface area contributed by atoms with Crippen molar-refractivity contribution < 1.29 is 19.0 Å². The zero-order chi connectivity index (χ0) is 18.4. The molecule has 0 aromatic heterocycles. The molecular formula is C18H17Cl2NO4. The lowest BCUT2D eigenvalue weighted by molar-refractivity contribution is -0.111. The molecule has 0 aliphatic rings. The second-order valence-electron chi connectivity index (χ2n) is 4.90. The van der Waals surface area contributed by atoms with E-state index in [1.54, 1.807) is 36.4 Å². The number of carbonyl (C=O) groups is 1. The lowest BCUT2D eigenvalue weighted by Crippen LogP contribution is -2.08. The first-order valence-corrected chi connectivity index (χ1v) is 7.98. The van der Waals surface area contributed by atoms with Crippen LogP contribution in [0.25, 0.3) is 6.08 Å². The standard InChI is InChI=1S/C18H17Cl2NO4/c1-23-15-9-13(10-16(24-2)18(15)25-3)21-17(22)7-4-11-8-12(19)5-6-14(11)20/h4-10H,1-3H3,(H,21,22)/b7-4+. The molecule has 0 saturated heterocycles. The number of rotatable bonds is 6. The Kier molecular flexibility index (Phi) is 6.56. The summed E-state index contributed by atoms with van der Waals surface area (Å²) in [6.07, 6.45) is 2.95. The van der Waals surface area contributed by atoms with Crippen molar-refractivity contribution in [2.45, 2.75) is 0 Å². The Morgan fingerprint density at radius 2 is 1.64 bits per heavy atom. The minimum atomic E-state index is -0.342. The fourth-order valence-corrected chi connectivity index (χ4v) is 2.51. The zero-order valence-electron chi connectivity index (χ0n) is 13.9. The van der Waals surface area contributed by atoms with Crippen molar-refractivity contribution in [1.29, 1.82) is 0 Å². The summed E-state index contributed by atoms with van der Waals surface area (Å²) >= 11 is 12.0. The number of halogens is 2. The van der Waals surface area contributed by atoms with Crippen LogP contribution in [0.5, 0.6) is 17.2 Å². The van der Waals surface area contributed by atoms with Crippen LogP contribution in [0.1, 0.15) is 5.56 Å². The summed E-state index contributed by atoms with van der Waals surface area (Å²) in [4.78, 5) is 12.1. The molecule has 2 aromatic rings. The predicted molar refractivity (Wildman–Crippen MR) is 100 cm³/mol. The van der Waals surface area contributed by atoms with E-state index < -0.39 is 0 Å². The third-order valence-corrected chi connectivity index (χ3v) is 3.88. The highest BCUT2D eigenvalue weighted by atomic mass is 35.5. The normalized spacial score (nSPS) is 10.6. The number of anilines is 1. The van der Waals surface area contributed by atoms with Gasteiger partial charge in [0.05, 0.1) is 21.3 Å². The minimum Gasteiger partial charge on any atom is -0.493 e. The van der Waals surface area contributed by atoms with Crippen molar-refractivity contribution in [3.63, 3.8) is 0 Å². The van der Waals surface area contributed by atoms with Crippen molar-refractivity contribution in [2.24, 2.45) is 0 Å². The van der Waals surface area contributed by atoms with E-state index in [9.17, 15) is 4.79 Å². The molecule has 2 rings (SSSR count). The number of nitrogens with one attached hydrogen (secondary N) is 1. The summed E-state index contributed by atoms with van der Waals surface area (Å²) < 4.78 is 15.7. The fourth-order valence-electron chi connectivity index (χ4n) is 2.14. The highest BCUT2D eigenvalue weighted by Crippen LogP contribution is 2.39. The van der Waals surface area contributed by atoms with Gasteiger partial charge in [-0.15, -0.1) is 0 Å². The van der Waals surface area contributed by atoms with E-state index >= 15 is 0 Å². The average molecular weight is 382 g/mol. The summed E-state index contributed by atoms with van der Waals surface area (Å²) in [6.45, 7) is 0. The van der Waals surface area contributed by atoms with E-state index in [0.29, 0.717) is 38.5 Å². The third kappa shape index (κ3) is 4.81. The molecule has 7 heteroatoms. The lowest BCUT2D eigenvalue weighted by Gasteiger charge is -2.14. The summed E-state index contributed by atoms with van der Waals surface area (Å²) in [7, 11) is 4.52. The number of amides is 1. The number of benzene rings is 2. The van der Waals surface area contributed by atoms with E-state index in [-0.39, 0.29) is 5.91 Å². The molecule has 1 N–H and O–H groups in total. The highest BCUT2D eigenvalue weighted by Gasteiger charge is 2.13. The lowest BCUT2D eigenvalue weighted by atomic mass is 10.2. The predicted octanol–water partition coefficient (Wildman–Crippen LogP) is 4.67. The molecule has 0 atom stereocenters. The SMILES string of the molecule is COc1cc(NC(=O)/C=C/c2cc(Cl)ccc2Cl)cc(OC)c1OC. The Bertz CT molecular complexity index is 781. The number of hydrogen-bond acceptors (Lipinski definition) is 4. The molecule has 0 aliphatic carbocycles. The van der Waals surface area contributed by atoms with Gasteiger partial charge in [0.2, 0.25) is 11.7 Å². The summed E-state index contributed by atoms with van der Waals surface area (Å²) in [5.41, 5.74) is 1.15. The van der Waals surface area contributed by atoms with Crippen LogP contribution in [0.4, 0.5) is 5.69 Å². The number of ether oxygens (including phenoxy) is 3. The Labute approximate surface area is 156 Å². The quantitative estimate of drug-likeness (QED) is 0.738. The monoisotopic (exact) mass is 381 g/mol. The first-order chi connectivity index (χ1) is 12.0. The van der Waals surface area contributed by atoms with E-state index in [1.165, 1.54) is 27.4 Å². The van der Waals surface area contributed by atoms with Crippen LogP contribution in [0, 0.1) is 0 Å². The van der Waals surface area contributed by atoms with Gasteiger partial charge >= 0.3 is 0 Å². The minimum absolute atomic E-state index is 0.342. The molecule has 2 aromatic carbocycles. The van der Waals surface area contributed by atoms with Crippen molar-refractivity contribution in [3.05, 3.63) is 52.0 Å². The maximum atomic E-state index is 12.1. The maximum absolute atomic E-state index is 12.1. The highest BCUT2D eigenvalue weighted by molar-refractivity contribution is 6.34. The van der Waals surface area contributed by atoms with Gasteiger partial charge in [-0.1, -0.05) is 23.2 Å². The van der Waals surface area contributed by atoms with Gasteiger partial charge < -0.3 is 19.5 Å². The van der Waals surface area contributed by atoms with E-state index in [2.05, 4.69) is 5.32 Å². The Morgan fingerprint density at radius 3 is 2.20 bits per heavy atom. The first kappa shape index (κ1) is 19.0. The van der Waals surface area contributed by atoms with Crippen LogP contribution in [-0.2, 0) is 4.79 Å². The molecule has 0 saturated carbocycles. The van der Waals surface area contributed by atoms with Gasteiger partial charge in [-0.3, -0.25) is 4.79 Å². The molecule has 0 unspecified atom stereocenters. The van der Waals surface area contributed by atoms with E-state index in [1.807, 2.05) is 0 Å². The van der Waals surface area contributed by atoms with Gasteiger partial charge in [-0.2, -0.15) is 0 Å². The second-order valence-corrected chi connectivity index (χ2v) is 5.75. The summed E-state index contributed by atoms with van der Waals surface area (Å²) in [5.74, 6) is 0.993. The van der Waals surface area contributed by atoms with Crippen molar-refractivity contribution in [1.82, 2.24) is 0 Å². The van der Waals surface area contributed by atoms with Crippen LogP contribution >= 0.6 is 23.2 Å². The van der Waals surface area contributed by atoms with Gasteiger partial charge in [0, 0.05) is 33.9 Å². The molecule has 0 radical (unpaired) electrons.